The zero-order chi connectivity index (χ0) is 30.0. The second kappa shape index (κ2) is 15.2. The van der Waals surface area contributed by atoms with E-state index in [-0.39, 0.29) is 31.6 Å². The summed E-state index contributed by atoms with van der Waals surface area (Å²) in [6.07, 6.45) is -1.51. The number of halogens is 3. The van der Waals surface area contributed by atoms with Gasteiger partial charge in [0.15, 0.2) is 0 Å². The Hall–Kier alpha value is -3.38. The largest absolute Gasteiger partial charge is 0.490 e. The summed E-state index contributed by atoms with van der Waals surface area (Å²) < 4.78 is 34.8. The lowest BCUT2D eigenvalue weighted by molar-refractivity contribution is -0.129. The standard InChI is InChI=1S/C33H33F2IN2O4/c34-26-14-24(15-27(35)18-26)17-30(31(39)21-37-20-23-8-7-11-28(36)16-23)38-32(40)19-33(41,25-9-3-1-4-10-25)22-42-29-12-5-2-6-13-29/h1-16,18,30-31,37,39,41H,17,19-22H2,(H,38,40)/t30-,31+,33?/m0/s1. The van der Waals surface area contributed by atoms with Crippen LogP contribution in [0.1, 0.15) is 23.1 Å². The number of benzene rings is 4. The number of carbonyl (C=O) groups excluding carboxylic acids is 1. The van der Waals surface area contributed by atoms with Crippen LogP contribution >= 0.6 is 22.6 Å². The first-order valence-electron chi connectivity index (χ1n) is 13.5. The molecule has 0 radical (unpaired) electrons. The summed E-state index contributed by atoms with van der Waals surface area (Å²) in [7, 11) is 0. The molecular weight excluding hydrogens is 653 g/mol. The van der Waals surface area contributed by atoms with Crippen molar-refractivity contribution in [1.82, 2.24) is 10.6 Å². The first-order valence-corrected chi connectivity index (χ1v) is 14.6. The van der Waals surface area contributed by atoms with Crippen LogP contribution in [-0.2, 0) is 23.4 Å². The Balaban J connectivity index is 1.49. The van der Waals surface area contributed by atoms with Crippen LogP contribution in [0.5, 0.6) is 5.75 Å². The maximum atomic E-state index is 14.0. The van der Waals surface area contributed by atoms with E-state index in [0.29, 0.717) is 17.9 Å². The smallest absolute Gasteiger partial charge is 0.223 e. The molecule has 0 aliphatic heterocycles. The highest BCUT2D eigenvalue weighted by atomic mass is 127. The number of hydrogen-bond acceptors (Lipinski definition) is 5. The SMILES string of the molecule is O=C(CC(O)(COc1ccccc1)c1ccccc1)N[C@@H](Cc1cc(F)cc(F)c1)[C@H](O)CNCc1cccc(I)c1. The number of hydrogen-bond donors (Lipinski definition) is 4. The van der Waals surface area contributed by atoms with Crippen LogP contribution in [0, 0.1) is 15.2 Å². The molecule has 4 aromatic carbocycles. The maximum Gasteiger partial charge on any atom is 0.223 e. The van der Waals surface area contributed by atoms with Crippen molar-refractivity contribution < 1.29 is 28.5 Å². The van der Waals surface area contributed by atoms with Gasteiger partial charge in [-0.15, -0.1) is 0 Å². The summed E-state index contributed by atoms with van der Waals surface area (Å²) in [5.74, 6) is -1.53. The van der Waals surface area contributed by atoms with Gasteiger partial charge in [0.2, 0.25) is 5.91 Å². The van der Waals surface area contributed by atoms with Gasteiger partial charge in [-0.05, 0) is 82.1 Å². The minimum atomic E-state index is -1.69. The van der Waals surface area contributed by atoms with E-state index in [9.17, 15) is 23.8 Å². The number of rotatable bonds is 14. The molecule has 42 heavy (non-hydrogen) atoms. The maximum absolute atomic E-state index is 14.0. The fourth-order valence-electron chi connectivity index (χ4n) is 4.65. The Kier molecular flexibility index (Phi) is 11.4. The molecule has 0 aliphatic carbocycles. The van der Waals surface area contributed by atoms with E-state index in [1.165, 1.54) is 12.1 Å². The Morgan fingerprint density at radius 3 is 2.21 bits per heavy atom. The predicted octanol–water partition coefficient (Wildman–Crippen LogP) is 5.10. The van der Waals surface area contributed by atoms with Crippen LogP contribution in [0.25, 0.3) is 0 Å². The van der Waals surface area contributed by atoms with Crippen molar-refractivity contribution in [2.75, 3.05) is 13.2 Å². The minimum absolute atomic E-state index is 0.0310. The minimum Gasteiger partial charge on any atom is -0.490 e. The van der Waals surface area contributed by atoms with Gasteiger partial charge in [0.1, 0.15) is 29.6 Å². The highest BCUT2D eigenvalue weighted by Gasteiger charge is 2.35. The average molecular weight is 687 g/mol. The molecule has 9 heteroatoms. The van der Waals surface area contributed by atoms with E-state index >= 15 is 0 Å². The number of aliphatic hydroxyl groups is 2. The molecule has 4 aromatic rings. The van der Waals surface area contributed by atoms with Crippen molar-refractivity contribution in [3.05, 3.63) is 135 Å². The number of amides is 1. The third-order valence-electron chi connectivity index (χ3n) is 6.75. The van der Waals surface area contributed by atoms with Crippen LogP contribution in [-0.4, -0.2) is 41.4 Å². The quantitative estimate of drug-likeness (QED) is 0.139. The summed E-state index contributed by atoms with van der Waals surface area (Å²) in [6.45, 7) is 0.385. The van der Waals surface area contributed by atoms with Gasteiger partial charge in [-0.3, -0.25) is 4.79 Å². The average Bonchev–Trinajstić information content (AvgIpc) is 2.96. The van der Waals surface area contributed by atoms with E-state index in [2.05, 4.69) is 33.2 Å². The van der Waals surface area contributed by atoms with Gasteiger partial charge in [-0.2, -0.15) is 0 Å². The molecule has 1 unspecified atom stereocenters. The normalized spacial score (nSPS) is 14.0. The monoisotopic (exact) mass is 686 g/mol. The molecule has 0 aromatic heterocycles. The zero-order valence-corrected chi connectivity index (χ0v) is 25.0. The third kappa shape index (κ3) is 9.59. The third-order valence-corrected chi connectivity index (χ3v) is 7.42. The number of aliphatic hydroxyl groups excluding tert-OH is 1. The molecule has 0 aliphatic rings. The first-order chi connectivity index (χ1) is 20.2. The van der Waals surface area contributed by atoms with Gasteiger partial charge < -0.3 is 25.6 Å². The molecule has 0 saturated heterocycles. The van der Waals surface area contributed by atoms with Crippen molar-refractivity contribution >= 4 is 28.5 Å². The molecule has 0 spiro atoms. The Morgan fingerprint density at radius 2 is 1.55 bits per heavy atom. The number of carbonyl (C=O) groups is 1. The summed E-state index contributed by atoms with van der Waals surface area (Å²) in [4.78, 5) is 13.4. The number of nitrogens with one attached hydrogen (secondary N) is 2. The number of para-hydroxylation sites is 1. The van der Waals surface area contributed by atoms with Gasteiger partial charge >= 0.3 is 0 Å². The molecule has 1 amide bonds. The van der Waals surface area contributed by atoms with Crippen molar-refractivity contribution in [3.63, 3.8) is 0 Å². The summed E-state index contributed by atoms with van der Waals surface area (Å²) in [5, 5.41) is 28.7. The molecule has 4 N–H and O–H groups in total. The second-order valence-electron chi connectivity index (χ2n) is 10.2. The Morgan fingerprint density at radius 1 is 0.881 bits per heavy atom. The van der Waals surface area contributed by atoms with E-state index in [0.717, 1.165) is 15.2 Å². The van der Waals surface area contributed by atoms with Crippen LogP contribution in [0.2, 0.25) is 0 Å². The molecule has 220 valence electrons. The van der Waals surface area contributed by atoms with Crippen molar-refractivity contribution in [2.45, 2.75) is 37.1 Å². The Labute approximate surface area is 257 Å². The zero-order valence-electron chi connectivity index (χ0n) is 22.9. The molecule has 0 saturated carbocycles. The van der Waals surface area contributed by atoms with Crippen molar-refractivity contribution in [3.8, 4) is 5.75 Å². The second-order valence-corrected chi connectivity index (χ2v) is 11.4. The Bertz CT molecular complexity index is 1420. The number of ether oxygens (including phenoxy) is 1. The molecule has 6 nitrogen and oxygen atoms in total. The lowest BCUT2D eigenvalue weighted by Crippen LogP contribution is -2.50. The topological polar surface area (TPSA) is 90.8 Å². The summed E-state index contributed by atoms with van der Waals surface area (Å²) >= 11 is 2.22. The molecule has 0 fully saturated rings. The highest BCUT2D eigenvalue weighted by molar-refractivity contribution is 14.1. The van der Waals surface area contributed by atoms with Gasteiger partial charge in [-0.25, -0.2) is 8.78 Å². The summed E-state index contributed by atoms with van der Waals surface area (Å²) in [6, 6.07) is 27.8. The van der Waals surface area contributed by atoms with E-state index in [1.54, 1.807) is 54.6 Å². The highest BCUT2D eigenvalue weighted by Crippen LogP contribution is 2.27. The van der Waals surface area contributed by atoms with Gasteiger partial charge in [0.05, 0.1) is 18.6 Å². The van der Waals surface area contributed by atoms with Crippen LogP contribution in [0.15, 0.2) is 103 Å². The van der Waals surface area contributed by atoms with E-state index < -0.39 is 35.3 Å². The molecule has 0 bridgehead atoms. The van der Waals surface area contributed by atoms with Gasteiger partial charge in [-0.1, -0.05) is 60.7 Å². The lowest BCUT2D eigenvalue weighted by atomic mass is 9.90. The van der Waals surface area contributed by atoms with Gasteiger partial charge in [0, 0.05) is 22.7 Å². The van der Waals surface area contributed by atoms with Crippen molar-refractivity contribution in [1.29, 1.82) is 0 Å². The fourth-order valence-corrected chi connectivity index (χ4v) is 5.25. The van der Waals surface area contributed by atoms with Crippen LogP contribution < -0.4 is 15.4 Å². The van der Waals surface area contributed by atoms with Gasteiger partial charge in [0.25, 0.3) is 0 Å². The van der Waals surface area contributed by atoms with Crippen LogP contribution in [0.3, 0.4) is 0 Å². The van der Waals surface area contributed by atoms with E-state index in [4.69, 9.17) is 4.74 Å². The fraction of sp³-hybridized carbons (Fsp3) is 0.242. The molecule has 4 rings (SSSR count). The predicted molar refractivity (Wildman–Crippen MR) is 166 cm³/mol. The lowest BCUT2D eigenvalue weighted by Gasteiger charge is -2.30. The molecule has 3 atom stereocenters. The summed E-state index contributed by atoms with van der Waals surface area (Å²) in [5.41, 5.74) is 0.0950. The van der Waals surface area contributed by atoms with Crippen LogP contribution in [0.4, 0.5) is 8.78 Å². The van der Waals surface area contributed by atoms with E-state index in [1.807, 2.05) is 30.3 Å². The molecule has 0 heterocycles. The molecular formula is C33H33F2IN2O4. The first kappa shape index (κ1) is 31.6. The van der Waals surface area contributed by atoms with Crippen molar-refractivity contribution in [2.24, 2.45) is 0 Å².